The first kappa shape index (κ1) is 17.7. The summed E-state index contributed by atoms with van der Waals surface area (Å²) in [5.74, 6) is 0.264. The van der Waals surface area contributed by atoms with Crippen LogP contribution < -0.4 is 10.6 Å². The number of nitrogens with one attached hydrogen (secondary N) is 2. The predicted octanol–water partition coefficient (Wildman–Crippen LogP) is 4.46. The van der Waals surface area contributed by atoms with E-state index >= 15 is 0 Å². The number of hydrogen-bond acceptors (Lipinski definition) is 3. The number of benzene rings is 1. The van der Waals surface area contributed by atoms with Crippen molar-refractivity contribution in [2.75, 3.05) is 5.32 Å². The molecule has 4 nitrogen and oxygen atoms in total. The number of aryl methyl sites for hydroxylation is 2. The SMILES string of the molecule is CCc1cc(C(=O)NC(C)c2ccc(NC(=O)C3CC3)cc2)sc1C. The summed E-state index contributed by atoms with van der Waals surface area (Å²) in [6.07, 6.45) is 2.93. The summed E-state index contributed by atoms with van der Waals surface area (Å²) in [6, 6.07) is 9.58. The quantitative estimate of drug-likeness (QED) is 0.803. The topological polar surface area (TPSA) is 58.2 Å². The van der Waals surface area contributed by atoms with Crippen molar-refractivity contribution in [1.29, 1.82) is 0 Å². The van der Waals surface area contributed by atoms with E-state index in [4.69, 9.17) is 0 Å². The maximum Gasteiger partial charge on any atom is 0.261 e. The number of thiophene rings is 1. The van der Waals surface area contributed by atoms with Crippen molar-refractivity contribution in [2.45, 2.75) is 46.1 Å². The molecule has 1 heterocycles. The predicted molar refractivity (Wildman–Crippen MR) is 102 cm³/mol. The van der Waals surface area contributed by atoms with E-state index in [1.165, 1.54) is 10.4 Å². The maximum absolute atomic E-state index is 12.4. The third-order valence-electron chi connectivity index (χ3n) is 4.60. The van der Waals surface area contributed by atoms with Gasteiger partial charge in [0.2, 0.25) is 5.91 Å². The minimum atomic E-state index is -0.0897. The molecule has 0 saturated heterocycles. The molecule has 1 fully saturated rings. The molecule has 1 saturated carbocycles. The lowest BCUT2D eigenvalue weighted by Gasteiger charge is -2.14. The minimum absolute atomic E-state index is 0.0357. The highest BCUT2D eigenvalue weighted by Crippen LogP contribution is 2.30. The van der Waals surface area contributed by atoms with Gasteiger partial charge in [0.25, 0.3) is 5.91 Å². The smallest absolute Gasteiger partial charge is 0.261 e. The normalized spacial score (nSPS) is 14.8. The van der Waals surface area contributed by atoms with Crippen LogP contribution in [0, 0.1) is 12.8 Å². The van der Waals surface area contributed by atoms with Gasteiger partial charge in [0.15, 0.2) is 0 Å². The molecule has 1 atom stereocenters. The molecule has 25 heavy (non-hydrogen) atoms. The number of carbonyl (C=O) groups is 2. The zero-order valence-corrected chi connectivity index (χ0v) is 15.7. The van der Waals surface area contributed by atoms with E-state index in [1.807, 2.05) is 37.3 Å². The van der Waals surface area contributed by atoms with Crippen molar-refractivity contribution in [3.8, 4) is 0 Å². The second-order valence-corrected chi connectivity index (χ2v) is 7.88. The molecule has 0 radical (unpaired) electrons. The first-order valence-electron chi connectivity index (χ1n) is 8.79. The Kier molecular flexibility index (Phi) is 5.23. The Morgan fingerprint density at radius 2 is 1.92 bits per heavy atom. The van der Waals surface area contributed by atoms with Crippen molar-refractivity contribution < 1.29 is 9.59 Å². The number of anilines is 1. The van der Waals surface area contributed by atoms with Crippen LogP contribution in [0.3, 0.4) is 0 Å². The van der Waals surface area contributed by atoms with Crippen LogP contribution in [0.15, 0.2) is 30.3 Å². The Labute approximate surface area is 152 Å². The van der Waals surface area contributed by atoms with Gasteiger partial charge in [0.1, 0.15) is 0 Å². The Morgan fingerprint density at radius 1 is 1.24 bits per heavy atom. The van der Waals surface area contributed by atoms with Gasteiger partial charge in [-0.15, -0.1) is 11.3 Å². The summed E-state index contributed by atoms with van der Waals surface area (Å²) in [4.78, 5) is 26.2. The largest absolute Gasteiger partial charge is 0.345 e. The van der Waals surface area contributed by atoms with Crippen LogP contribution in [-0.4, -0.2) is 11.8 Å². The molecule has 0 spiro atoms. The average molecular weight is 356 g/mol. The number of rotatable bonds is 6. The van der Waals surface area contributed by atoms with E-state index in [-0.39, 0.29) is 23.8 Å². The first-order valence-corrected chi connectivity index (χ1v) is 9.60. The molecule has 5 heteroatoms. The first-order chi connectivity index (χ1) is 12.0. The average Bonchev–Trinajstić information content (AvgIpc) is 3.38. The van der Waals surface area contributed by atoms with Crippen LogP contribution in [0.25, 0.3) is 0 Å². The van der Waals surface area contributed by atoms with Crippen molar-refractivity contribution in [3.05, 3.63) is 51.2 Å². The van der Waals surface area contributed by atoms with E-state index in [1.54, 1.807) is 11.3 Å². The Hall–Kier alpha value is -2.14. The number of amides is 2. The standard InChI is InChI=1S/C20H24N2O2S/c1-4-14-11-18(25-13(14)3)20(24)21-12(2)15-7-9-17(10-8-15)22-19(23)16-5-6-16/h7-12,16H,4-6H2,1-3H3,(H,21,24)(H,22,23). The lowest BCUT2D eigenvalue weighted by atomic mass is 10.1. The van der Waals surface area contributed by atoms with E-state index < -0.39 is 0 Å². The summed E-state index contributed by atoms with van der Waals surface area (Å²) >= 11 is 1.54. The van der Waals surface area contributed by atoms with E-state index in [0.717, 1.165) is 35.4 Å². The van der Waals surface area contributed by atoms with Crippen LogP contribution in [-0.2, 0) is 11.2 Å². The van der Waals surface area contributed by atoms with Crippen molar-refractivity contribution in [3.63, 3.8) is 0 Å². The molecular formula is C20H24N2O2S. The Bertz CT molecular complexity index is 775. The monoisotopic (exact) mass is 356 g/mol. The van der Waals surface area contributed by atoms with Gasteiger partial charge >= 0.3 is 0 Å². The lowest BCUT2D eigenvalue weighted by Crippen LogP contribution is -2.25. The van der Waals surface area contributed by atoms with Crippen LogP contribution in [0.5, 0.6) is 0 Å². The Morgan fingerprint density at radius 3 is 2.48 bits per heavy atom. The van der Waals surface area contributed by atoms with Gasteiger partial charge in [0, 0.05) is 16.5 Å². The highest BCUT2D eigenvalue weighted by molar-refractivity contribution is 7.14. The molecule has 1 aliphatic carbocycles. The van der Waals surface area contributed by atoms with Crippen molar-refractivity contribution >= 4 is 28.8 Å². The zero-order valence-electron chi connectivity index (χ0n) is 14.9. The van der Waals surface area contributed by atoms with Gasteiger partial charge in [-0.25, -0.2) is 0 Å². The molecule has 3 rings (SSSR count). The molecule has 1 aliphatic rings. The molecule has 1 aromatic carbocycles. The summed E-state index contributed by atoms with van der Waals surface area (Å²) < 4.78 is 0. The molecule has 2 amide bonds. The van der Waals surface area contributed by atoms with Crippen molar-refractivity contribution in [2.24, 2.45) is 5.92 Å². The van der Waals surface area contributed by atoms with E-state index in [2.05, 4.69) is 24.5 Å². The second kappa shape index (κ2) is 7.40. The summed E-state index contributed by atoms with van der Waals surface area (Å²) in [5, 5.41) is 5.98. The van der Waals surface area contributed by atoms with Gasteiger partial charge < -0.3 is 10.6 Å². The summed E-state index contributed by atoms with van der Waals surface area (Å²) in [7, 11) is 0. The second-order valence-electron chi connectivity index (χ2n) is 6.63. The van der Waals surface area contributed by atoms with E-state index in [0.29, 0.717) is 0 Å². The molecule has 0 bridgehead atoms. The maximum atomic E-state index is 12.4. The van der Waals surface area contributed by atoms with Gasteiger partial charge in [0.05, 0.1) is 10.9 Å². The molecule has 2 N–H and O–H groups in total. The molecule has 2 aromatic rings. The van der Waals surface area contributed by atoms with Crippen LogP contribution in [0.4, 0.5) is 5.69 Å². The number of carbonyl (C=O) groups excluding carboxylic acids is 2. The molecule has 0 aliphatic heterocycles. The van der Waals surface area contributed by atoms with Gasteiger partial charge in [-0.2, -0.15) is 0 Å². The minimum Gasteiger partial charge on any atom is -0.345 e. The van der Waals surface area contributed by atoms with Crippen molar-refractivity contribution in [1.82, 2.24) is 5.32 Å². The third-order valence-corrected chi connectivity index (χ3v) is 5.69. The summed E-state index contributed by atoms with van der Waals surface area (Å²) in [5.41, 5.74) is 3.06. The fourth-order valence-electron chi connectivity index (χ4n) is 2.78. The molecular weight excluding hydrogens is 332 g/mol. The van der Waals surface area contributed by atoms with Crippen LogP contribution >= 0.6 is 11.3 Å². The highest BCUT2D eigenvalue weighted by Gasteiger charge is 2.29. The number of hydrogen-bond donors (Lipinski definition) is 2. The van der Waals surface area contributed by atoms with Crippen LogP contribution in [0.1, 0.15) is 58.4 Å². The fourth-order valence-corrected chi connectivity index (χ4v) is 3.80. The lowest BCUT2D eigenvalue weighted by molar-refractivity contribution is -0.117. The summed E-state index contributed by atoms with van der Waals surface area (Å²) in [6.45, 7) is 6.12. The molecule has 132 valence electrons. The fraction of sp³-hybridized carbons (Fsp3) is 0.400. The zero-order chi connectivity index (χ0) is 18.0. The van der Waals surface area contributed by atoms with E-state index in [9.17, 15) is 9.59 Å². The van der Waals surface area contributed by atoms with Gasteiger partial charge in [-0.05, 0) is 62.4 Å². The highest BCUT2D eigenvalue weighted by atomic mass is 32.1. The van der Waals surface area contributed by atoms with Gasteiger partial charge in [-0.1, -0.05) is 19.1 Å². The Balaban J connectivity index is 1.60. The van der Waals surface area contributed by atoms with Gasteiger partial charge in [-0.3, -0.25) is 9.59 Å². The molecule has 1 unspecified atom stereocenters. The molecule has 1 aromatic heterocycles. The third kappa shape index (κ3) is 4.28. The van der Waals surface area contributed by atoms with Crippen LogP contribution in [0.2, 0.25) is 0 Å².